The summed E-state index contributed by atoms with van der Waals surface area (Å²) < 4.78 is 1.63. The van der Waals surface area contributed by atoms with Gasteiger partial charge in [-0.25, -0.2) is 0 Å². The minimum absolute atomic E-state index is 0.275. The van der Waals surface area contributed by atoms with E-state index >= 15 is 0 Å². The molecule has 1 aliphatic heterocycles. The Labute approximate surface area is 119 Å². The van der Waals surface area contributed by atoms with Crippen LogP contribution in [0, 0.1) is 12.8 Å². The summed E-state index contributed by atoms with van der Waals surface area (Å²) in [4.78, 5) is 12.1. The lowest BCUT2D eigenvalue weighted by Gasteiger charge is -2.22. The first-order chi connectivity index (χ1) is 9.08. The quantitative estimate of drug-likeness (QED) is 0.902. The molecular weight excluding hydrogens is 262 g/mol. The summed E-state index contributed by atoms with van der Waals surface area (Å²) in [6.45, 7) is 4.08. The molecule has 0 atom stereocenters. The topological polar surface area (TPSA) is 46.9 Å². The summed E-state index contributed by atoms with van der Waals surface area (Å²) in [5.74, 6) is 0.979. The molecule has 2 heterocycles. The van der Waals surface area contributed by atoms with E-state index in [-0.39, 0.29) is 5.78 Å². The monoisotopic (exact) mass is 283 g/mol. The number of nitrogens with zero attached hydrogens (tertiary/aromatic N) is 2. The van der Waals surface area contributed by atoms with Crippen molar-refractivity contribution in [1.29, 1.82) is 0 Å². The van der Waals surface area contributed by atoms with Crippen LogP contribution in [0.3, 0.4) is 0 Å². The molecular formula is C14H22ClN3O. The molecule has 4 nitrogen and oxygen atoms in total. The minimum Gasteiger partial charge on any atom is -0.317 e. The van der Waals surface area contributed by atoms with E-state index in [1.807, 2.05) is 6.92 Å². The second kappa shape index (κ2) is 6.53. The van der Waals surface area contributed by atoms with E-state index in [2.05, 4.69) is 10.4 Å². The first-order valence-electron chi connectivity index (χ1n) is 6.98. The third kappa shape index (κ3) is 3.80. The van der Waals surface area contributed by atoms with Crippen LogP contribution in [0.15, 0.2) is 0 Å². The smallest absolute Gasteiger partial charge is 0.137 e. The number of nitrogens with one attached hydrogen (secondary N) is 1. The second-order valence-electron chi connectivity index (χ2n) is 5.43. The molecule has 106 valence electrons. The Morgan fingerprint density at radius 3 is 2.74 bits per heavy atom. The van der Waals surface area contributed by atoms with Gasteiger partial charge in [-0.1, -0.05) is 11.6 Å². The molecule has 5 heteroatoms. The number of hydrogen-bond donors (Lipinski definition) is 1. The average molecular weight is 284 g/mol. The number of aromatic nitrogens is 2. The van der Waals surface area contributed by atoms with Crippen LogP contribution in [-0.2, 0) is 18.3 Å². The van der Waals surface area contributed by atoms with Crippen molar-refractivity contribution >= 4 is 17.4 Å². The molecule has 1 N–H and O–H groups in total. The van der Waals surface area contributed by atoms with Crippen molar-refractivity contribution in [1.82, 2.24) is 15.1 Å². The first kappa shape index (κ1) is 14.5. The number of aryl methyl sites for hydroxylation is 2. The fourth-order valence-corrected chi connectivity index (χ4v) is 2.94. The fraction of sp³-hybridized carbons (Fsp3) is 0.714. The van der Waals surface area contributed by atoms with Crippen molar-refractivity contribution in [3.8, 4) is 0 Å². The highest BCUT2D eigenvalue weighted by molar-refractivity contribution is 6.30. The van der Waals surface area contributed by atoms with Gasteiger partial charge in [-0.2, -0.15) is 5.10 Å². The maximum absolute atomic E-state index is 12.1. The van der Waals surface area contributed by atoms with Gasteiger partial charge in [-0.05, 0) is 45.2 Å². The number of carbonyl (C=O) groups is 1. The van der Waals surface area contributed by atoms with Crippen LogP contribution in [0.1, 0.15) is 36.9 Å². The highest BCUT2D eigenvalue weighted by Gasteiger charge is 2.17. The number of halogens is 1. The average Bonchev–Trinajstić information content (AvgIpc) is 2.64. The highest BCUT2D eigenvalue weighted by Crippen LogP contribution is 2.22. The van der Waals surface area contributed by atoms with E-state index in [0.717, 1.165) is 30.8 Å². The maximum Gasteiger partial charge on any atom is 0.137 e. The van der Waals surface area contributed by atoms with E-state index in [1.165, 1.54) is 12.8 Å². The largest absolute Gasteiger partial charge is 0.317 e. The lowest BCUT2D eigenvalue weighted by molar-refractivity contribution is -0.118. The Morgan fingerprint density at radius 1 is 1.47 bits per heavy atom. The molecule has 0 radical (unpaired) electrons. The Kier molecular flexibility index (Phi) is 4.99. The van der Waals surface area contributed by atoms with E-state index < -0.39 is 0 Å². The molecule has 0 aromatic carbocycles. The van der Waals surface area contributed by atoms with Gasteiger partial charge < -0.3 is 5.32 Å². The predicted molar refractivity (Wildman–Crippen MR) is 76.5 cm³/mol. The summed E-state index contributed by atoms with van der Waals surface area (Å²) >= 11 is 6.15. The van der Waals surface area contributed by atoms with Gasteiger partial charge in [0.2, 0.25) is 0 Å². The van der Waals surface area contributed by atoms with Crippen molar-refractivity contribution in [2.75, 3.05) is 13.1 Å². The molecule has 19 heavy (non-hydrogen) atoms. The summed E-state index contributed by atoms with van der Waals surface area (Å²) in [5.41, 5.74) is 1.75. The summed E-state index contributed by atoms with van der Waals surface area (Å²) in [5, 5.41) is 8.17. The zero-order chi connectivity index (χ0) is 13.8. The molecule has 0 amide bonds. The van der Waals surface area contributed by atoms with Gasteiger partial charge in [0, 0.05) is 25.5 Å². The fourth-order valence-electron chi connectivity index (χ4n) is 2.70. The van der Waals surface area contributed by atoms with Crippen LogP contribution in [0.2, 0.25) is 5.15 Å². The zero-order valence-corrected chi connectivity index (χ0v) is 12.5. The van der Waals surface area contributed by atoms with Crippen molar-refractivity contribution < 1.29 is 4.79 Å². The Bertz CT molecular complexity index is 450. The van der Waals surface area contributed by atoms with Gasteiger partial charge in [-0.15, -0.1) is 0 Å². The molecule has 0 bridgehead atoms. The van der Waals surface area contributed by atoms with Crippen LogP contribution >= 0.6 is 11.6 Å². The molecule has 0 spiro atoms. The van der Waals surface area contributed by atoms with E-state index in [0.29, 0.717) is 23.9 Å². The Morgan fingerprint density at radius 2 is 2.16 bits per heavy atom. The number of piperidine rings is 1. The molecule has 0 unspecified atom stereocenters. The van der Waals surface area contributed by atoms with Gasteiger partial charge in [-0.3, -0.25) is 9.48 Å². The van der Waals surface area contributed by atoms with Crippen LogP contribution in [0.4, 0.5) is 0 Å². The molecule has 1 fully saturated rings. The molecule has 1 aromatic rings. The van der Waals surface area contributed by atoms with Gasteiger partial charge in [0.15, 0.2) is 0 Å². The van der Waals surface area contributed by atoms with Gasteiger partial charge in [0.05, 0.1) is 5.69 Å². The van der Waals surface area contributed by atoms with Crippen molar-refractivity contribution in [3.63, 3.8) is 0 Å². The van der Waals surface area contributed by atoms with Crippen molar-refractivity contribution in [2.24, 2.45) is 13.0 Å². The standard InChI is InChI=1S/C14H22ClN3O/c1-10-13(14(15)18(2)17-10)9-12(19)4-3-11-5-7-16-8-6-11/h11,16H,3-9H2,1-2H3. The SMILES string of the molecule is Cc1nn(C)c(Cl)c1CC(=O)CCC1CCNCC1. The third-order valence-corrected chi connectivity index (χ3v) is 4.41. The van der Waals surface area contributed by atoms with Crippen LogP contribution in [0.25, 0.3) is 0 Å². The minimum atomic E-state index is 0.275. The summed E-state index contributed by atoms with van der Waals surface area (Å²) in [6, 6.07) is 0. The number of ketones is 1. The van der Waals surface area contributed by atoms with E-state index in [1.54, 1.807) is 11.7 Å². The highest BCUT2D eigenvalue weighted by atomic mass is 35.5. The molecule has 1 saturated heterocycles. The molecule has 0 saturated carbocycles. The van der Waals surface area contributed by atoms with Crippen LogP contribution < -0.4 is 5.32 Å². The zero-order valence-electron chi connectivity index (χ0n) is 11.7. The lowest BCUT2D eigenvalue weighted by atomic mass is 9.91. The first-order valence-corrected chi connectivity index (χ1v) is 7.36. The van der Waals surface area contributed by atoms with E-state index in [4.69, 9.17) is 11.6 Å². The Balaban J connectivity index is 1.83. The normalized spacial score (nSPS) is 16.8. The van der Waals surface area contributed by atoms with Gasteiger partial charge >= 0.3 is 0 Å². The van der Waals surface area contributed by atoms with Crippen molar-refractivity contribution in [3.05, 3.63) is 16.4 Å². The summed E-state index contributed by atoms with van der Waals surface area (Å²) in [6.07, 6.45) is 4.48. The Hall–Kier alpha value is -0.870. The predicted octanol–water partition coefficient (Wildman–Crippen LogP) is 2.27. The molecule has 1 aromatic heterocycles. The van der Waals surface area contributed by atoms with Gasteiger partial charge in [0.1, 0.15) is 10.9 Å². The number of Topliss-reactive ketones (excluding diaryl/α,β-unsaturated/α-hetero) is 1. The maximum atomic E-state index is 12.1. The van der Waals surface area contributed by atoms with E-state index in [9.17, 15) is 4.79 Å². The number of carbonyl (C=O) groups excluding carboxylic acids is 1. The van der Waals surface area contributed by atoms with Crippen LogP contribution in [0.5, 0.6) is 0 Å². The number of hydrogen-bond acceptors (Lipinski definition) is 3. The second-order valence-corrected chi connectivity index (χ2v) is 5.78. The van der Waals surface area contributed by atoms with Gasteiger partial charge in [0.25, 0.3) is 0 Å². The van der Waals surface area contributed by atoms with Crippen molar-refractivity contribution in [2.45, 2.75) is 39.0 Å². The molecule has 2 rings (SSSR count). The van der Waals surface area contributed by atoms with Crippen LogP contribution in [-0.4, -0.2) is 28.7 Å². The number of rotatable bonds is 5. The summed E-state index contributed by atoms with van der Waals surface area (Å²) in [7, 11) is 1.80. The molecule has 1 aliphatic rings. The third-order valence-electron chi connectivity index (χ3n) is 3.93. The lowest BCUT2D eigenvalue weighted by Crippen LogP contribution is -2.28. The molecule has 0 aliphatic carbocycles.